The Morgan fingerprint density at radius 2 is 2.20 bits per heavy atom. The molecule has 2 atom stereocenters. The second kappa shape index (κ2) is 3.83. The van der Waals surface area contributed by atoms with Crippen molar-refractivity contribution in [2.24, 2.45) is 5.92 Å². The van der Waals surface area contributed by atoms with Crippen LogP contribution < -0.4 is 0 Å². The number of amides is 2. The maximum atomic E-state index is 11.8. The van der Waals surface area contributed by atoms with Crippen LogP contribution in [0.25, 0.3) is 0 Å². The van der Waals surface area contributed by atoms with Gasteiger partial charge in [-0.25, -0.2) is 9.69 Å². The summed E-state index contributed by atoms with van der Waals surface area (Å²) in [5.74, 6) is -0.422. The van der Waals surface area contributed by atoms with E-state index in [0.717, 1.165) is 4.90 Å². The van der Waals surface area contributed by atoms with E-state index >= 15 is 0 Å². The lowest BCUT2D eigenvalue weighted by atomic mass is 10.1. The third-order valence-electron chi connectivity index (χ3n) is 2.24. The normalized spacial score (nSPS) is 27.9. The Labute approximate surface area is 92.0 Å². The molecule has 1 saturated heterocycles. The first-order chi connectivity index (χ1) is 7.26. The highest BCUT2D eigenvalue weighted by Crippen LogP contribution is 2.25. The number of imide groups is 1. The third kappa shape index (κ3) is 2.70. The predicted molar refractivity (Wildman–Crippen MR) is 56.3 cm³/mol. The number of rotatable bonds is 0. The minimum absolute atomic E-state index is 0.0370. The van der Waals surface area contributed by atoms with E-state index in [0.29, 0.717) is 6.42 Å². The number of carbonyl (C=O) groups excluding carboxylic acids is 2. The molecule has 0 N–H and O–H groups in total. The Morgan fingerprint density at radius 1 is 1.60 bits per heavy atom. The van der Waals surface area contributed by atoms with Crippen molar-refractivity contribution in [3.05, 3.63) is 0 Å². The van der Waals surface area contributed by atoms with Gasteiger partial charge in [0.05, 0.1) is 0 Å². The fourth-order valence-electron chi connectivity index (χ4n) is 1.58. The van der Waals surface area contributed by atoms with Gasteiger partial charge in [-0.05, 0) is 34.1 Å². The Hall–Kier alpha value is -1.06. The maximum absolute atomic E-state index is 11.8. The summed E-state index contributed by atoms with van der Waals surface area (Å²) in [6.45, 7) is 7.07. The largest absolute Gasteiger partial charge is 0.443 e. The SMILES string of the molecule is [3H]C[C@@H]1CC(C)C(=O)N1C(=O)OC(C)(C)C. The fourth-order valence-corrected chi connectivity index (χ4v) is 1.58. The third-order valence-corrected chi connectivity index (χ3v) is 2.24. The van der Waals surface area contributed by atoms with Crippen LogP contribution in [-0.4, -0.2) is 28.5 Å². The smallest absolute Gasteiger partial charge is 0.417 e. The quantitative estimate of drug-likeness (QED) is 0.622. The van der Waals surface area contributed by atoms with Crippen LogP contribution in [0.1, 0.15) is 42.4 Å². The van der Waals surface area contributed by atoms with Gasteiger partial charge in [0, 0.05) is 13.3 Å². The molecule has 4 heteroatoms. The second-order valence-corrected chi connectivity index (χ2v) is 4.98. The molecule has 0 radical (unpaired) electrons. The van der Waals surface area contributed by atoms with E-state index in [9.17, 15) is 9.59 Å². The van der Waals surface area contributed by atoms with Crippen LogP contribution in [0.5, 0.6) is 0 Å². The van der Waals surface area contributed by atoms with Crippen LogP contribution in [-0.2, 0) is 9.53 Å². The molecular weight excluding hydrogens is 194 g/mol. The second-order valence-electron chi connectivity index (χ2n) is 4.98. The van der Waals surface area contributed by atoms with Gasteiger partial charge < -0.3 is 4.74 Å². The average Bonchev–Trinajstić information content (AvgIpc) is 2.40. The van der Waals surface area contributed by atoms with E-state index in [-0.39, 0.29) is 24.8 Å². The van der Waals surface area contributed by atoms with Crippen molar-refractivity contribution in [2.75, 3.05) is 0 Å². The molecule has 2 amide bonds. The number of hydrogen-bond acceptors (Lipinski definition) is 3. The minimum Gasteiger partial charge on any atom is -0.443 e. The van der Waals surface area contributed by atoms with Crippen LogP contribution in [0.4, 0.5) is 4.79 Å². The molecule has 0 spiro atoms. The summed E-state index contributed by atoms with van der Waals surface area (Å²) in [6, 6.07) is -0.336. The first-order valence-electron chi connectivity index (χ1n) is 5.82. The van der Waals surface area contributed by atoms with Crippen molar-refractivity contribution in [1.82, 2.24) is 4.90 Å². The first kappa shape index (κ1) is 10.5. The molecule has 1 rings (SSSR count). The van der Waals surface area contributed by atoms with Crippen molar-refractivity contribution < 1.29 is 15.7 Å². The van der Waals surface area contributed by atoms with E-state index in [2.05, 4.69) is 0 Å². The van der Waals surface area contributed by atoms with Crippen LogP contribution >= 0.6 is 0 Å². The maximum Gasteiger partial charge on any atom is 0.417 e. The summed E-state index contributed by atoms with van der Waals surface area (Å²) in [5.41, 5.74) is -0.615. The lowest BCUT2D eigenvalue weighted by molar-refractivity contribution is -0.130. The van der Waals surface area contributed by atoms with Crippen molar-refractivity contribution in [2.45, 2.75) is 52.7 Å². The molecule has 0 aromatic rings. The van der Waals surface area contributed by atoms with Gasteiger partial charge in [-0.3, -0.25) is 4.79 Å². The molecule has 0 saturated carbocycles. The Balaban J connectivity index is 2.77. The monoisotopic (exact) mass is 215 g/mol. The number of carbonyl (C=O) groups is 2. The van der Waals surface area contributed by atoms with Crippen LogP contribution in [0.2, 0.25) is 0 Å². The van der Waals surface area contributed by atoms with Crippen molar-refractivity contribution in [3.63, 3.8) is 0 Å². The topological polar surface area (TPSA) is 46.6 Å². The van der Waals surface area contributed by atoms with Crippen molar-refractivity contribution in [1.29, 1.82) is 0 Å². The Kier molecular flexibility index (Phi) is 2.67. The lowest BCUT2D eigenvalue weighted by Crippen LogP contribution is -2.41. The van der Waals surface area contributed by atoms with Gasteiger partial charge in [0.1, 0.15) is 5.60 Å². The molecule has 1 unspecified atom stereocenters. The first-order valence-corrected chi connectivity index (χ1v) is 5.11. The van der Waals surface area contributed by atoms with Gasteiger partial charge in [0.2, 0.25) is 5.91 Å². The molecule has 1 heterocycles. The minimum atomic E-state index is -0.626. The van der Waals surface area contributed by atoms with Gasteiger partial charge >= 0.3 is 6.09 Å². The summed E-state index contributed by atoms with van der Waals surface area (Å²) in [5, 5.41) is 0. The zero-order valence-corrected chi connectivity index (χ0v) is 9.74. The molecule has 1 aliphatic rings. The van der Waals surface area contributed by atoms with Gasteiger partial charge in [-0.2, -0.15) is 0 Å². The molecule has 0 aromatic carbocycles. The average molecular weight is 215 g/mol. The van der Waals surface area contributed by atoms with Crippen molar-refractivity contribution in [3.8, 4) is 0 Å². The zero-order chi connectivity index (χ0) is 12.5. The molecule has 0 aromatic heterocycles. The zero-order valence-electron chi connectivity index (χ0n) is 10.7. The molecule has 0 aliphatic carbocycles. The summed E-state index contributed by atoms with van der Waals surface area (Å²) in [6.07, 6.45) is -0.0687. The summed E-state index contributed by atoms with van der Waals surface area (Å²) >= 11 is 0. The number of ether oxygens (including phenoxy) is 1. The van der Waals surface area contributed by atoms with Gasteiger partial charge in [-0.1, -0.05) is 6.92 Å². The Morgan fingerprint density at radius 3 is 2.67 bits per heavy atom. The number of likely N-dealkylation sites (tertiary alicyclic amines) is 1. The fraction of sp³-hybridized carbons (Fsp3) is 0.818. The highest BCUT2D eigenvalue weighted by molar-refractivity contribution is 5.95. The lowest BCUT2D eigenvalue weighted by Gasteiger charge is -2.25. The Bertz CT molecular complexity index is 298. The highest BCUT2D eigenvalue weighted by atomic mass is 16.6. The summed E-state index contributed by atoms with van der Waals surface area (Å²) in [7, 11) is 0. The molecule has 1 fully saturated rings. The van der Waals surface area contributed by atoms with E-state index in [4.69, 9.17) is 6.11 Å². The molecule has 0 bridgehead atoms. The highest BCUT2D eigenvalue weighted by Gasteiger charge is 2.40. The van der Waals surface area contributed by atoms with Gasteiger partial charge in [0.25, 0.3) is 0 Å². The van der Waals surface area contributed by atoms with E-state index < -0.39 is 11.7 Å². The summed E-state index contributed by atoms with van der Waals surface area (Å²) in [4.78, 5) is 24.6. The molecular formula is C11H19NO3. The van der Waals surface area contributed by atoms with Crippen molar-refractivity contribution >= 4 is 12.0 Å². The van der Waals surface area contributed by atoms with E-state index in [1.165, 1.54) is 0 Å². The van der Waals surface area contributed by atoms with Crippen LogP contribution in [0.3, 0.4) is 0 Å². The van der Waals surface area contributed by atoms with E-state index in [1.54, 1.807) is 27.7 Å². The summed E-state index contributed by atoms with van der Waals surface area (Å²) < 4.78 is 12.5. The van der Waals surface area contributed by atoms with Gasteiger partial charge in [-0.15, -0.1) is 0 Å². The van der Waals surface area contributed by atoms with Gasteiger partial charge in [0.15, 0.2) is 0 Å². The number of hydrogen-bond donors (Lipinski definition) is 0. The standard InChI is InChI=1S/C11H19NO3/c1-7-6-8(2)12(9(7)13)10(14)15-11(3,4)5/h7-8H,6H2,1-5H3/t7?,8-/m1/s1/i2T. The molecule has 4 nitrogen and oxygen atoms in total. The van der Waals surface area contributed by atoms with E-state index in [1.807, 2.05) is 0 Å². The molecule has 86 valence electrons. The molecule has 1 aliphatic heterocycles. The van der Waals surface area contributed by atoms with Crippen LogP contribution in [0.15, 0.2) is 0 Å². The molecule has 15 heavy (non-hydrogen) atoms. The van der Waals surface area contributed by atoms with Crippen LogP contribution in [0, 0.1) is 5.92 Å². The predicted octanol–water partition coefficient (Wildman–Crippen LogP) is 2.18. The number of nitrogens with zero attached hydrogens (tertiary/aromatic N) is 1.